The van der Waals surface area contributed by atoms with Crippen molar-refractivity contribution < 1.29 is 9.21 Å². The van der Waals surface area contributed by atoms with Crippen LogP contribution in [0.5, 0.6) is 0 Å². The Morgan fingerprint density at radius 1 is 1.50 bits per heavy atom. The van der Waals surface area contributed by atoms with Crippen LogP contribution in [0.25, 0.3) is 11.5 Å². The summed E-state index contributed by atoms with van der Waals surface area (Å²) in [5.41, 5.74) is 8.06. The van der Waals surface area contributed by atoms with Crippen LogP contribution in [0.3, 0.4) is 0 Å². The molecule has 3 N–H and O–H groups in total. The summed E-state index contributed by atoms with van der Waals surface area (Å²) in [5, 5.41) is 10.4. The Labute approximate surface area is 117 Å². The molecule has 2 rings (SSSR count). The third-order valence-electron chi connectivity index (χ3n) is 3.04. The molecule has 1 aromatic heterocycles. The molecule has 1 aromatic carbocycles. The Hall–Kier alpha value is -2.21. The first kappa shape index (κ1) is 14.2. The second kappa shape index (κ2) is 6.29. The first-order valence-corrected chi connectivity index (χ1v) is 6.47. The fourth-order valence-electron chi connectivity index (χ4n) is 1.84. The summed E-state index contributed by atoms with van der Waals surface area (Å²) < 4.78 is 5.14. The second-order valence-corrected chi connectivity index (χ2v) is 4.87. The first-order chi connectivity index (χ1) is 9.60. The minimum absolute atomic E-state index is 0.0309. The van der Waals surface area contributed by atoms with Crippen molar-refractivity contribution in [2.75, 3.05) is 11.9 Å². The van der Waals surface area contributed by atoms with Gasteiger partial charge in [-0.1, -0.05) is 6.92 Å². The van der Waals surface area contributed by atoms with Crippen molar-refractivity contribution >= 4 is 11.6 Å². The summed E-state index contributed by atoms with van der Waals surface area (Å²) in [6.45, 7) is 4.37. The van der Waals surface area contributed by atoms with E-state index < -0.39 is 0 Å². The number of rotatable bonds is 5. The molecule has 0 saturated carbocycles. The normalized spacial score (nSPS) is 12.2. The predicted octanol–water partition coefficient (Wildman–Crippen LogP) is 1.97. The van der Waals surface area contributed by atoms with Gasteiger partial charge < -0.3 is 15.5 Å². The molecule has 0 aliphatic carbocycles. The number of nitrogens with two attached hydrogens (primary N) is 1. The molecule has 2 aromatic rings. The van der Waals surface area contributed by atoms with Gasteiger partial charge >= 0.3 is 0 Å². The van der Waals surface area contributed by atoms with Gasteiger partial charge in [0.05, 0.1) is 0 Å². The third-order valence-corrected chi connectivity index (χ3v) is 3.04. The second-order valence-electron chi connectivity index (χ2n) is 4.87. The fraction of sp³-hybridized carbons (Fsp3) is 0.357. The van der Waals surface area contributed by atoms with Gasteiger partial charge in [0.2, 0.25) is 18.2 Å². The smallest absolute Gasteiger partial charge is 0.247 e. The van der Waals surface area contributed by atoms with E-state index in [9.17, 15) is 4.79 Å². The fourth-order valence-corrected chi connectivity index (χ4v) is 1.84. The van der Waals surface area contributed by atoms with Crippen molar-refractivity contribution in [3.63, 3.8) is 0 Å². The quantitative estimate of drug-likeness (QED) is 0.869. The maximum absolute atomic E-state index is 11.8. The molecule has 0 bridgehead atoms. The van der Waals surface area contributed by atoms with E-state index >= 15 is 0 Å². The van der Waals surface area contributed by atoms with Gasteiger partial charge in [-0.3, -0.25) is 4.79 Å². The highest BCUT2D eigenvalue weighted by molar-refractivity contribution is 5.91. The zero-order valence-corrected chi connectivity index (χ0v) is 11.6. The summed E-state index contributed by atoms with van der Waals surface area (Å²) in [6, 6.07) is 5.57. The standard InChI is InChI=1S/C14H18N4O2/c1-9(7-15)5-13(19)17-12-4-3-11(6-10(12)2)14-18-16-8-20-14/h3-4,6,8-9H,5,7,15H2,1-2H3,(H,17,19). The SMILES string of the molecule is Cc1cc(-c2nnco2)ccc1NC(=O)CC(C)CN. The van der Waals surface area contributed by atoms with Gasteiger partial charge in [0.15, 0.2) is 0 Å². The van der Waals surface area contributed by atoms with Crippen LogP contribution < -0.4 is 11.1 Å². The number of nitrogens with zero attached hydrogens (tertiary/aromatic N) is 2. The summed E-state index contributed by atoms with van der Waals surface area (Å²) in [4.78, 5) is 11.8. The third kappa shape index (κ3) is 3.42. The lowest BCUT2D eigenvalue weighted by molar-refractivity contribution is -0.116. The molecular weight excluding hydrogens is 256 g/mol. The van der Waals surface area contributed by atoms with E-state index in [0.717, 1.165) is 16.8 Å². The van der Waals surface area contributed by atoms with Crippen molar-refractivity contribution in [3.05, 3.63) is 30.2 Å². The largest absolute Gasteiger partial charge is 0.423 e. The van der Waals surface area contributed by atoms with Gasteiger partial charge in [-0.25, -0.2) is 0 Å². The van der Waals surface area contributed by atoms with Crippen LogP contribution in [0.1, 0.15) is 18.9 Å². The number of hydrogen-bond donors (Lipinski definition) is 2. The zero-order chi connectivity index (χ0) is 14.5. The Kier molecular flexibility index (Phi) is 4.47. The van der Waals surface area contributed by atoms with Crippen molar-refractivity contribution in [1.29, 1.82) is 0 Å². The van der Waals surface area contributed by atoms with Crippen molar-refractivity contribution in [1.82, 2.24) is 10.2 Å². The van der Waals surface area contributed by atoms with Crippen LogP contribution in [-0.4, -0.2) is 22.6 Å². The van der Waals surface area contributed by atoms with Gasteiger partial charge in [0.1, 0.15) is 0 Å². The van der Waals surface area contributed by atoms with Gasteiger partial charge in [-0.2, -0.15) is 0 Å². The molecule has 1 unspecified atom stereocenters. The van der Waals surface area contributed by atoms with Crippen LogP contribution in [0, 0.1) is 12.8 Å². The molecule has 0 radical (unpaired) electrons. The Morgan fingerprint density at radius 3 is 2.90 bits per heavy atom. The summed E-state index contributed by atoms with van der Waals surface area (Å²) in [5.74, 6) is 0.604. The van der Waals surface area contributed by atoms with Crippen LogP contribution in [-0.2, 0) is 4.79 Å². The Balaban J connectivity index is 2.08. The lowest BCUT2D eigenvalue weighted by atomic mass is 10.1. The molecule has 0 saturated heterocycles. The highest BCUT2D eigenvalue weighted by Gasteiger charge is 2.11. The minimum Gasteiger partial charge on any atom is -0.423 e. The molecule has 20 heavy (non-hydrogen) atoms. The monoisotopic (exact) mass is 274 g/mol. The number of aromatic nitrogens is 2. The van der Waals surface area contributed by atoms with E-state index in [4.69, 9.17) is 10.2 Å². The van der Waals surface area contributed by atoms with E-state index in [-0.39, 0.29) is 11.8 Å². The summed E-state index contributed by atoms with van der Waals surface area (Å²) in [6.07, 6.45) is 1.70. The first-order valence-electron chi connectivity index (χ1n) is 6.47. The van der Waals surface area contributed by atoms with E-state index in [1.165, 1.54) is 6.39 Å². The lowest BCUT2D eigenvalue weighted by Crippen LogP contribution is -2.20. The molecule has 6 heteroatoms. The summed E-state index contributed by atoms with van der Waals surface area (Å²) in [7, 11) is 0. The van der Waals surface area contributed by atoms with E-state index in [1.54, 1.807) is 0 Å². The Bertz CT molecular complexity index is 581. The molecule has 106 valence electrons. The maximum Gasteiger partial charge on any atom is 0.247 e. The van der Waals surface area contributed by atoms with Crippen molar-refractivity contribution in [2.45, 2.75) is 20.3 Å². The number of nitrogens with one attached hydrogen (secondary N) is 1. The molecule has 1 atom stereocenters. The van der Waals surface area contributed by atoms with Crippen LogP contribution in [0.15, 0.2) is 29.0 Å². The molecule has 1 amide bonds. The summed E-state index contributed by atoms with van der Waals surface area (Å²) >= 11 is 0. The molecule has 1 heterocycles. The number of benzene rings is 1. The molecule has 0 spiro atoms. The van der Waals surface area contributed by atoms with E-state index in [2.05, 4.69) is 15.5 Å². The molecular formula is C14H18N4O2. The molecule has 6 nitrogen and oxygen atoms in total. The van der Waals surface area contributed by atoms with Gasteiger partial charge in [0.25, 0.3) is 0 Å². The van der Waals surface area contributed by atoms with Gasteiger partial charge in [-0.05, 0) is 43.1 Å². The van der Waals surface area contributed by atoms with E-state index in [1.807, 2.05) is 32.0 Å². The minimum atomic E-state index is -0.0309. The van der Waals surface area contributed by atoms with Gasteiger partial charge in [-0.15, -0.1) is 10.2 Å². The number of hydrogen-bond acceptors (Lipinski definition) is 5. The zero-order valence-electron chi connectivity index (χ0n) is 11.6. The van der Waals surface area contributed by atoms with Crippen molar-refractivity contribution in [2.24, 2.45) is 11.7 Å². The lowest BCUT2D eigenvalue weighted by Gasteiger charge is -2.11. The average Bonchev–Trinajstić information content (AvgIpc) is 2.94. The molecule has 0 fully saturated rings. The van der Waals surface area contributed by atoms with E-state index in [0.29, 0.717) is 18.9 Å². The molecule has 0 aliphatic heterocycles. The number of carbonyl (C=O) groups excluding carboxylic acids is 1. The number of amides is 1. The van der Waals surface area contributed by atoms with Crippen LogP contribution in [0.4, 0.5) is 5.69 Å². The van der Waals surface area contributed by atoms with Crippen LogP contribution >= 0.6 is 0 Å². The Morgan fingerprint density at radius 2 is 2.30 bits per heavy atom. The highest BCUT2D eigenvalue weighted by Crippen LogP contribution is 2.23. The predicted molar refractivity (Wildman–Crippen MR) is 75.9 cm³/mol. The average molecular weight is 274 g/mol. The highest BCUT2D eigenvalue weighted by atomic mass is 16.4. The van der Waals surface area contributed by atoms with Gasteiger partial charge in [0, 0.05) is 17.7 Å². The number of aryl methyl sites for hydroxylation is 1. The van der Waals surface area contributed by atoms with Crippen LogP contribution in [0.2, 0.25) is 0 Å². The topological polar surface area (TPSA) is 94.0 Å². The number of anilines is 1. The number of carbonyl (C=O) groups is 1. The maximum atomic E-state index is 11.8. The molecule has 0 aliphatic rings. The van der Waals surface area contributed by atoms with Crippen molar-refractivity contribution in [3.8, 4) is 11.5 Å².